The highest BCUT2D eigenvalue weighted by atomic mass is 16.5. The molecule has 0 heterocycles. The normalized spacial score (nSPS) is 15.2. The molecule has 0 aromatic heterocycles. The smallest absolute Gasteiger partial charge is 0.314 e. The van der Waals surface area contributed by atoms with E-state index in [9.17, 15) is 4.79 Å². The van der Waals surface area contributed by atoms with Crippen LogP contribution in [0.2, 0.25) is 0 Å². The third-order valence-corrected chi connectivity index (χ3v) is 2.29. The monoisotopic (exact) mass is 191 g/mol. The zero-order chi connectivity index (χ0) is 9.97. The van der Waals surface area contributed by atoms with Gasteiger partial charge in [-0.3, -0.25) is 4.79 Å². The Morgan fingerprint density at radius 1 is 1.36 bits per heavy atom. The van der Waals surface area contributed by atoms with Crippen molar-refractivity contribution >= 4 is 5.97 Å². The fourth-order valence-corrected chi connectivity index (χ4v) is 1.21. The molecular formula is C11H13NO2. The average Bonchev–Trinajstić information content (AvgIpc) is 3.02. The summed E-state index contributed by atoms with van der Waals surface area (Å²) in [4.78, 5) is 11.3. The van der Waals surface area contributed by atoms with Crippen LogP contribution in [0.5, 0.6) is 5.75 Å². The van der Waals surface area contributed by atoms with Crippen molar-refractivity contribution in [1.82, 2.24) is 0 Å². The second-order valence-corrected chi connectivity index (χ2v) is 3.54. The summed E-state index contributed by atoms with van der Waals surface area (Å²) in [6, 6.07) is 7.30. The van der Waals surface area contributed by atoms with Crippen LogP contribution in [0.1, 0.15) is 18.4 Å². The Morgan fingerprint density at radius 2 is 2.00 bits per heavy atom. The van der Waals surface area contributed by atoms with Crippen LogP contribution in [-0.2, 0) is 11.3 Å². The molecule has 0 radical (unpaired) electrons. The lowest BCUT2D eigenvalue weighted by Crippen LogP contribution is -2.09. The number of esters is 1. The summed E-state index contributed by atoms with van der Waals surface area (Å²) in [5.41, 5.74) is 6.49. The van der Waals surface area contributed by atoms with E-state index in [-0.39, 0.29) is 11.9 Å². The zero-order valence-electron chi connectivity index (χ0n) is 7.90. The number of hydrogen-bond acceptors (Lipinski definition) is 3. The number of hydrogen-bond donors (Lipinski definition) is 1. The molecule has 74 valence electrons. The quantitative estimate of drug-likeness (QED) is 0.581. The van der Waals surface area contributed by atoms with Gasteiger partial charge in [-0.25, -0.2) is 0 Å². The van der Waals surface area contributed by atoms with Crippen LogP contribution >= 0.6 is 0 Å². The maximum absolute atomic E-state index is 11.3. The minimum absolute atomic E-state index is 0.106. The van der Waals surface area contributed by atoms with Gasteiger partial charge in [0.25, 0.3) is 0 Å². The number of benzene rings is 1. The Kier molecular flexibility index (Phi) is 2.50. The second kappa shape index (κ2) is 3.80. The van der Waals surface area contributed by atoms with E-state index in [0.717, 1.165) is 18.4 Å². The predicted molar refractivity (Wildman–Crippen MR) is 52.7 cm³/mol. The summed E-state index contributed by atoms with van der Waals surface area (Å²) >= 11 is 0. The Hall–Kier alpha value is -1.35. The molecule has 0 amide bonds. The number of rotatable bonds is 3. The highest BCUT2D eigenvalue weighted by Gasteiger charge is 2.31. The van der Waals surface area contributed by atoms with Crippen molar-refractivity contribution < 1.29 is 9.53 Å². The standard InChI is InChI=1S/C11H13NO2/c12-7-8-1-5-10(6-2-8)14-11(13)9-3-4-9/h1-2,5-6,9H,3-4,7,12H2. The van der Waals surface area contributed by atoms with Gasteiger partial charge in [0.1, 0.15) is 5.75 Å². The van der Waals surface area contributed by atoms with Crippen molar-refractivity contribution in [3.05, 3.63) is 29.8 Å². The third-order valence-electron chi connectivity index (χ3n) is 2.29. The second-order valence-electron chi connectivity index (χ2n) is 3.54. The molecule has 2 N–H and O–H groups in total. The lowest BCUT2D eigenvalue weighted by Gasteiger charge is -2.03. The third kappa shape index (κ3) is 2.12. The predicted octanol–water partition coefficient (Wildman–Crippen LogP) is 1.46. The number of carbonyl (C=O) groups is 1. The topological polar surface area (TPSA) is 52.3 Å². The van der Waals surface area contributed by atoms with Crippen LogP contribution in [0, 0.1) is 5.92 Å². The molecule has 0 bridgehead atoms. The molecule has 0 spiro atoms. The molecule has 3 nitrogen and oxygen atoms in total. The highest BCUT2D eigenvalue weighted by Crippen LogP contribution is 2.30. The fraction of sp³-hybridized carbons (Fsp3) is 0.364. The summed E-state index contributed by atoms with van der Waals surface area (Å²) in [5.74, 6) is 0.647. The molecule has 0 saturated heterocycles. The van der Waals surface area contributed by atoms with Gasteiger partial charge >= 0.3 is 5.97 Å². The first-order chi connectivity index (χ1) is 6.79. The minimum Gasteiger partial charge on any atom is -0.426 e. The highest BCUT2D eigenvalue weighted by molar-refractivity contribution is 5.77. The molecule has 0 aliphatic heterocycles. The van der Waals surface area contributed by atoms with E-state index in [0.29, 0.717) is 12.3 Å². The van der Waals surface area contributed by atoms with Crippen molar-refractivity contribution in [2.45, 2.75) is 19.4 Å². The van der Waals surface area contributed by atoms with Gasteiger partial charge in [0, 0.05) is 6.54 Å². The fourth-order valence-electron chi connectivity index (χ4n) is 1.21. The maximum atomic E-state index is 11.3. The van der Waals surface area contributed by atoms with Crippen LogP contribution < -0.4 is 10.5 Å². The van der Waals surface area contributed by atoms with Crippen molar-refractivity contribution in [3.8, 4) is 5.75 Å². The largest absolute Gasteiger partial charge is 0.426 e. The van der Waals surface area contributed by atoms with Crippen LogP contribution in [0.15, 0.2) is 24.3 Å². The Labute approximate surface area is 82.9 Å². The molecule has 14 heavy (non-hydrogen) atoms. The van der Waals surface area contributed by atoms with E-state index in [4.69, 9.17) is 10.5 Å². The lowest BCUT2D eigenvalue weighted by atomic mass is 10.2. The van der Waals surface area contributed by atoms with Crippen LogP contribution in [0.25, 0.3) is 0 Å². The Bertz CT molecular complexity index is 328. The lowest BCUT2D eigenvalue weighted by molar-refractivity contribution is -0.135. The molecule has 1 saturated carbocycles. The number of carbonyl (C=O) groups excluding carboxylic acids is 1. The van der Waals surface area contributed by atoms with E-state index in [1.54, 1.807) is 12.1 Å². The summed E-state index contributed by atoms with van der Waals surface area (Å²) in [6.45, 7) is 0.511. The minimum atomic E-state index is -0.106. The molecule has 3 heteroatoms. The van der Waals surface area contributed by atoms with Gasteiger partial charge < -0.3 is 10.5 Å². The van der Waals surface area contributed by atoms with Gasteiger partial charge in [-0.1, -0.05) is 12.1 Å². The van der Waals surface area contributed by atoms with Gasteiger partial charge in [-0.15, -0.1) is 0 Å². The van der Waals surface area contributed by atoms with E-state index >= 15 is 0 Å². The Balaban J connectivity index is 1.98. The average molecular weight is 191 g/mol. The van der Waals surface area contributed by atoms with E-state index in [2.05, 4.69) is 0 Å². The van der Waals surface area contributed by atoms with E-state index in [1.807, 2.05) is 12.1 Å². The van der Waals surface area contributed by atoms with Crippen molar-refractivity contribution in [2.24, 2.45) is 11.7 Å². The van der Waals surface area contributed by atoms with Crippen LogP contribution in [0.3, 0.4) is 0 Å². The van der Waals surface area contributed by atoms with Gasteiger partial charge in [-0.2, -0.15) is 0 Å². The molecule has 0 unspecified atom stereocenters. The first-order valence-corrected chi connectivity index (χ1v) is 4.80. The molecule has 2 rings (SSSR count). The molecule has 1 aromatic rings. The zero-order valence-corrected chi connectivity index (χ0v) is 7.90. The van der Waals surface area contributed by atoms with Crippen molar-refractivity contribution in [3.63, 3.8) is 0 Å². The number of ether oxygens (including phenoxy) is 1. The summed E-state index contributed by atoms with van der Waals surface area (Å²) in [6.07, 6.45) is 1.94. The molecule has 1 aliphatic rings. The van der Waals surface area contributed by atoms with Gasteiger partial charge in [-0.05, 0) is 30.5 Å². The van der Waals surface area contributed by atoms with E-state index < -0.39 is 0 Å². The Morgan fingerprint density at radius 3 is 2.50 bits per heavy atom. The summed E-state index contributed by atoms with van der Waals surface area (Å²) < 4.78 is 5.16. The van der Waals surface area contributed by atoms with Crippen molar-refractivity contribution in [2.75, 3.05) is 0 Å². The van der Waals surface area contributed by atoms with Crippen molar-refractivity contribution in [1.29, 1.82) is 0 Å². The first-order valence-electron chi connectivity index (χ1n) is 4.80. The van der Waals surface area contributed by atoms with Crippen LogP contribution in [0.4, 0.5) is 0 Å². The molecular weight excluding hydrogens is 178 g/mol. The molecule has 0 atom stereocenters. The van der Waals surface area contributed by atoms with Gasteiger partial charge in [0.2, 0.25) is 0 Å². The molecule has 1 aliphatic carbocycles. The van der Waals surface area contributed by atoms with Gasteiger partial charge in [0.15, 0.2) is 0 Å². The summed E-state index contributed by atoms with van der Waals surface area (Å²) in [7, 11) is 0. The molecule has 1 fully saturated rings. The van der Waals surface area contributed by atoms with Gasteiger partial charge in [0.05, 0.1) is 5.92 Å². The van der Waals surface area contributed by atoms with Crippen LogP contribution in [-0.4, -0.2) is 5.97 Å². The summed E-state index contributed by atoms with van der Waals surface area (Å²) in [5, 5.41) is 0. The maximum Gasteiger partial charge on any atom is 0.314 e. The SMILES string of the molecule is NCc1ccc(OC(=O)C2CC2)cc1. The molecule has 1 aromatic carbocycles. The first kappa shape index (κ1) is 9.21. The number of nitrogens with two attached hydrogens (primary N) is 1. The van der Waals surface area contributed by atoms with E-state index in [1.165, 1.54) is 0 Å².